The van der Waals surface area contributed by atoms with E-state index in [0.29, 0.717) is 0 Å². The van der Waals surface area contributed by atoms with Gasteiger partial charge in [-0.05, 0) is 41.5 Å². The first kappa shape index (κ1) is 15.8. The van der Waals surface area contributed by atoms with Crippen molar-refractivity contribution in [1.82, 2.24) is 4.90 Å². The maximum Gasteiger partial charge on any atom is 0.411 e. The molecule has 110 valence electrons. The van der Waals surface area contributed by atoms with Crippen molar-refractivity contribution >= 4 is 12.1 Å². The molecule has 1 aliphatic heterocycles. The van der Waals surface area contributed by atoms with Crippen LogP contribution in [0.5, 0.6) is 0 Å². The molecule has 0 saturated carbocycles. The number of hydrogen-bond donors (Lipinski definition) is 1. The number of aliphatic hydroxyl groups is 1. The molecule has 1 saturated heterocycles. The third-order valence-corrected chi connectivity index (χ3v) is 2.36. The molecule has 0 aliphatic carbocycles. The van der Waals surface area contributed by atoms with Crippen LogP contribution in [0.2, 0.25) is 0 Å². The number of nitrogens with zero attached hydrogens (tertiary/aromatic N) is 1. The van der Waals surface area contributed by atoms with Crippen LogP contribution in [0.25, 0.3) is 0 Å². The summed E-state index contributed by atoms with van der Waals surface area (Å²) in [6.07, 6.45) is -1.52. The molecule has 0 aromatic carbocycles. The van der Waals surface area contributed by atoms with E-state index >= 15 is 0 Å². The first-order chi connectivity index (χ1) is 8.41. The number of likely N-dealkylation sites (tertiary alicyclic amines) is 1. The number of amides is 1. The monoisotopic (exact) mass is 273 g/mol. The molecule has 0 spiro atoms. The Kier molecular flexibility index (Phi) is 4.14. The smallest absolute Gasteiger partial charge is 0.411 e. The van der Waals surface area contributed by atoms with Crippen molar-refractivity contribution in [2.45, 2.75) is 64.9 Å². The Hall–Kier alpha value is -1.30. The van der Waals surface area contributed by atoms with Gasteiger partial charge in [0, 0.05) is 0 Å². The fourth-order valence-electron chi connectivity index (χ4n) is 1.64. The summed E-state index contributed by atoms with van der Waals surface area (Å²) in [7, 11) is 0. The summed E-state index contributed by atoms with van der Waals surface area (Å²) in [6, 6.07) is -0.978. The highest BCUT2D eigenvalue weighted by Gasteiger charge is 2.49. The second-order valence-electron chi connectivity index (χ2n) is 6.68. The van der Waals surface area contributed by atoms with Crippen LogP contribution >= 0.6 is 0 Å². The second-order valence-corrected chi connectivity index (χ2v) is 6.68. The predicted molar refractivity (Wildman–Crippen MR) is 68.6 cm³/mol. The van der Waals surface area contributed by atoms with E-state index in [-0.39, 0.29) is 6.54 Å². The van der Waals surface area contributed by atoms with E-state index in [1.165, 1.54) is 4.90 Å². The van der Waals surface area contributed by atoms with Gasteiger partial charge in [-0.2, -0.15) is 0 Å². The number of β-amino-alcohol motifs (C(OH)–C–C–N with tert-alkyl or cyclic N) is 1. The van der Waals surface area contributed by atoms with Crippen LogP contribution in [-0.4, -0.2) is 52.0 Å². The summed E-state index contributed by atoms with van der Waals surface area (Å²) in [5, 5.41) is 9.64. The van der Waals surface area contributed by atoms with Crippen molar-refractivity contribution in [2.75, 3.05) is 6.54 Å². The lowest BCUT2D eigenvalue weighted by atomic mass is 10.00. The highest BCUT2D eigenvalue weighted by Crippen LogP contribution is 2.24. The molecular formula is C13H23NO5. The van der Waals surface area contributed by atoms with Gasteiger partial charge < -0.3 is 14.6 Å². The lowest BCUT2D eigenvalue weighted by Crippen LogP contribution is -2.66. The average Bonchev–Trinajstić information content (AvgIpc) is 2.06. The molecule has 6 nitrogen and oxygen atoms in total. The highest BCUT2D eigenvalue weighted by atomic mass is 16.6. The molecule has 2 atom stereocenters. The molecule has 0 bridgehead atoms. The van der Waals surface area contributed by atoms with Crippen LogP contribution in [0.1, 0.15) is 41.5 Å². The van der Waals surface area contributed by atoms with E-state index in [9.17, 15) is 14.7 Å². The van der Waals surface area contributed by atoms with Crippen LogP contribution in [0.3, 0.4) is 0 Å². The molecule has 1 aliphatic rings. The SMILES string of the molecule is CC(C)(C)OC(=O)C1C(O)CN1C(=O)OC(C)(C)C. The molecule has 1 amide bonds. The Morgan fingerprint density at radius 3 is 1.89 bits per heavy atom. The molecule has 2 unspecified atom stereocenters. The number of esters is 1. The number of ether oxygens (including phenoxy) is 2. The van der Waals surface area contributed by atoms with Crippen LogP contribution in [0, 0.1) is 0 Å². The van der Waals surface area contributed by atoms with Crippen LogP contribution in [-0.2, 0) is 14.3 Å². The van der Waals surface area contributed by atoms with Crippen molar-refractivity contribution in [1.29, 1.82) is 0 Å². The molecule has 0 radical (unpaired) electrons. The second kappa shape index (κ2) is 5.00. The Balaban J connectivity index is 2.67. The predicted octanol–water partition coefficient (Wildman–Crippen LogP) is 1.31. The molecule has 6 heteroatoms. The summed E-state index contributed by atoms with van der Waals surface area (Å²) >= 11 is 0. The van der Waals surface area contributed by atoms with Crippen molar-refractivity contribution < 1.29 is 24.2 Å². The molecule has 0 aromatic rings. The van der Waals surface area contributed by atoms with Crippen molar-refractivity contribution in [3.63, 3.8) is 0 Å². The van der Waals surface area contributed by atoms with Gasteiger partial charge in [-0.3, -0.25) is 4.90 Å². The van der Waals surface area contributed by atoms with Crippen molar-refractivity contribution in [3.8, 4) is 0 Å². The molecule has 1 fully saturated rings. The van der Waals surface area contributed by atoms with Gasteiger partial charge in [0.2, 0.25) is 0 Å². The van der Waals surface area contributed by atoms with E-state index in [1.807, 2.05) is 0 Å². The van der Waals surface area contributed by atoms with Crippen molar-refractivity contribution in [2.24, 2.45) is 0 Å². The molecular weight excluding hydrogens is 250 g/mol. The Labute approximate surface area is 113 Å². The Bertz CT molecular complexity index is 366. The minimum atomic E-state index is -0.978. The van der Waals surface area contributed by atoms with Gasteiger partial charge in [-0.15, -0.1) is 0 Å². The first-order valence-corrected chi connectivity index (χ1v) is 6.31. The number of rotatable bonds is 1. The van der Waals surface area contributed by atoms with Crippen LogP contribution in [0.4, 0.5) is 4.79 Å². The molecule has 1 rings (SSSR count). The van der Waals surface area contributed by atoms with Gasteiger partial charge in [-0.25, -0.2) is 9.59 Å². The minimum Gasteiger partial charge on any atom is -0.458 e. The van der Waals surface area contributed by atoms with Crippen LogP contribution < -0.4 is 0 Å². The quantitative estimate of drug-likeness (QED) is 0.729. The summed E-state index contributed by atoms with van der Waals surface area (Å²) in [5.74, 6) is -0.614. The molecule has 1 heterocycles. The molecule has 19 heavy (non-hydrogen) atoms. The Morgan fingerprint density at radius 2 is 1.53 bits per heavy atom. The maximum atomic E-state index is 11.9. The van der Waals surface area contributed by atoms with Crippen molar-refractivity contribution in [3.05, 3.63) is 0 Å². The third kappa shape index (κ3) is 4.38. The standard InChI is InChI=1S/C13H23NO5/c1-12(2,3)18-10(16)9-8(15)7-14(9)11(17)19-13(4,5)6/h8-9,15H,7H2,1-6H3. The van der Waals surface area contributed by atoms with Crippen LogP contribution in [0.15, 0.2) is 0 Å². The van der Waals surface area contributed by atoms with E-state index in [1.54, 1.807) is 41.5 Å². The topological polar surface area (TPSA) is 76.1 Å². The molecule has 0 aromatic heterocycles. The van der Waals surface area contributed by atoms with Gasteiger partial charge in [0.1, 0.15) is 17.3 Å². The van der Waals surface area contributed by atoms with Gasteiger partial charge in [0.25, 0.3) is 0 Å². The maximum absolute atomic E-state index is 11.9. The normalized spacial score (nSPS) is 23.6. The minimum absolute atomic E-state index is 0.0822. The zero-order valence-electron chi connectivity index (χ0n) is 12.4. The van der Waals surface area contributed by atoms with Gasteiger partial charge in [-0.1, -0.05) is 0 Å². The fourth-order valence-corrected chi connectivity index (χ4v) is 1.64. The van der Waals surface area contributed by atoms with E-state index in [0.717, 1.165) is 0 Å². The Morgan fingerprint density at radius 1 is 1.05 bits per heavy atom. The van der Waals surface area contributed by atoms with Gasteiger partial charge >= 0.3 is 12.1 Å². The number of carbonyl (C=O) groups is 2. The summed E-state index contributed by atoms with van der Waals surface area (Å²) < 4.78 is 10.3. The number of carbonyl (C=O) groups excluding carboxylic acids is 2. The van der Waals surface area contributed by atoms with E-state index in [2.05, 4.69) is 0 Å². The zero-order chi connectivity index (χ0) is 15.0. The largest absolute Gasteiger partial charge is 0.458 e. The zero-order valence-corrected chi connectivity index (χ0v) is 12.4. The number of hydrogen-bond acceptors (Lipinski definition) is 5. The van der Waals surface area contributed by atoms with E-state index in [4.69, 9.17) is 9.47 Å². The summed E-state index contributed by atoms with van der Waals surface area (Å²) in [4.78, 5) is 24.9. The van der Waals surface area contributed by atoms with E-state index < -0.39 is 35.4 Å². The summed E-state index contributed by atoms with van der Waals surface area (Å²) in [5.41, 5.74) is -1.30. The molecule has 1 N–H and O–H groups in total. The fraction of sp³-hybridized carbons (Fsp3) is 0.846. The lowest BCUT2D eigenvalue weighted by Gasteiger charge is -2.44. The van der Waals surface area contributed by atoms with Gasteiger partial charge in [0.15, 0.2) is 6.04 Å². The lowest BCUT2D eigenvalue weighted by molar-refractivity contribution is -0.175. The summed E-state index contributed by atoms with van der Waals surface area (Å²) in [6.45, 7) is 10.5. The first-order valence-electron chi connectivity index (χ1n) is 6.31. The highest BCUT2D eigenvalue weighted by molar-refractivity contribution is 5.84. The third-order valence-electron chi connectivity index (χ3n) is 2.36. The van der Waals surface area contributed by atoms with Gasteiger partial charge in [0.05, 0.1) is 6.54 Å². The number of aliphatic hydroxyl groups excluding tert-OH is 1. The average molecular weight is 273 g/mol.